The third-order valence-corrected chi connectivity index (χ3v) is 5.52. The van der Waals surface area contributed by atoms with Crippen molar-refractivity contribution >= 4 is 5.91 Å². The second-order valence-corrected chi connectivity index (χ2v) is 6.64. The van der Waals surface area contributed by atoms with Crippen molar-refractivity contribution in [1.82, 2.24) is 4.90 Å². The fourth-order valence-electron chi connectivity index (χ4n) is 4.53. The molecule has 2 aliphatic heterocycles. The van der Waals surface area contributed by atoms with E-state index in [0.717, 1.165) is 12.0 Å². The summed E-state index contributed by atoms with van der Waals surface area (Å²) < 4.78 is 6.03. The maximum atomic E-state index is 12.9. The summed E-state index contributed by atoms with van der Waals surface area (Å²) in [5.41, 5.74) is 1.01. The van der Waals surface area contributed by atoms with Crippen molar-refractivity contribution in [2.24, 2.45) is 11.8 Å². The lowest BCUT2D eigenvalue weighted by Gasteiger charge is -2.35. The van der Waals surface area contributed by atoms with E-state index in [1.165, 1.54) is 19.3 Å². The van der Waals surface area contributed by atoms with Crippen molar-refractivity contribution in [2.75, 3.05) is 6.61 Å². The molecule has 0 bridgehead atoms. The van der Waals surface area contributed by atoms with E-state index < -0.39 is 0 Å². The van der Waals surface area contributed by atoms with Crippen LogP contribution in [0.4, 0.5) is 0 Å². The van der Waals surface area contributed by atoms with Crippen LogP contribution in [0.25, 0.3) is 0 Å². The molecule has 0 spiro atoms. The van der Waals surface area contributed by atoms with Crippen molar-refractivity contribution in [2.45, 2.75) is 44.4 Å². The average molecular weight is 271 g/mol. The number of hydrogen-bond donors (Lipinski definition) is 0. The molecular formula is C17H21NO2. The van der Waals surface area contributed by atoms with Crippen molar-refractivity contribution in [3.05, 3.63) is 35.9 Å². The standard InChI is InChI=1S/C17H21NO2/c1-17-11-20-16(12-7-3-2-4-8-12)18(17)15(19)13-9-5-6-10-14(13)17/h2-4,7-8,13-14,16H,5-6,9-11H2,1H3/t13-,14?,16-,17-/m0/s1. The molecule has 1 saturated carbocycles. The minimum Gasteiger partial charge on any atom is -0.351 e. The minimum absolute atomic E-state index is 0.0946. The van der Waals surface area contributed by atoms with Gasteiger partial charge in [0.05, 0.1) is 12.1 Å². The van der Waals surface area contributed by atoms with Crippen LogP contribution in [0, 0.1) is 11.8 Å². The largest absolute Gasteiger partial charge is 0.351 e. The van der Waals surface area contributed by atoms with Gasteiger partial charge in [-0.2, -0.15) is 0 Å². The highest BCUT2D eigenvalue weighted by molar-refractivity contribution is 5.84. The van der Waals surface area contributed by atoms with E-state index in [2.05, 4.69) is 24.0 Å². The number of ether oxygens (including phenoxy) is 1. The van der Waals surface area contributed by atoms with Crippen LogP contribution in [0.2, 0.25) is 0 Å². The SMILES string of the molecule is C[C@@]12CO[C@@H](c3ccccc3)N1C(=O)[C@H]1CCCCC12. The second kappa shape index (κ2) is 4.32. The van der Waals surface area contributed by atoms with Crippen molar-refractivity contribution in [3.63, 3.8) is 0 Å². The van der Waals surface area contributed by atoms with Crippen LogP contribution in [0.15, 0.2) is 30.3 Å². The summed E-state index contributed by atoms with van der Waals surface area (Å²) in [6.07, 6.45) is 4.52. The van der Waals surface area contributed by atoms with Crippen LogP contribution in [0.3, 0.4) is 0 Å². The Morgan fingerprint density at radius 2 is 1.95 bits per heavy atom. The van der Waals surface area contributed by atoms with Gasteiger partial charge < -0.3 is 9.64 Å². The first-order valence-electron chi connectivity index (χ1n) is 7.71. The number of carbonyl (C=O) groups excluding carboxylic acids is 1. The molecular weight excluding hydrogens is 250 g/mol. The fraction of sp³-hybridized carbons (Fsp3) is 0.588. The van der Waals surface area contributed by atoms with Gasteiger partial charge in [-0.3, -0.25) is 4.79 Å². The van der Waals surface area contributed by atoms with Crippen LogP contribution < -0.4 is 0 Å². The molecule has 3 heteroatoms. The molecule has 1 unspecified atom stereocenters. The zero-order chi connectivity index (χ0) is 13.7. The predicted octanol–water partition coefficient (Wildman–Crippen LogP) is 3.12. The first-order chi connectivity index (χ1) is 9.72. The lowest BCUT2D eigenvalue weighted by atomic mass is 9.73. The molecule has 0 N–H and O–H groups in total. The highest BCUT2D eigenvalue weighted by Gasteiger charge is 2.61. The molecule has 3 nitrogen and oxygen atoms in total. The quantitative estimate of drug-likeness (QED) is 0.785. The summed E-state index contributed by atoms with van der Waals surface area (Å²) in [6, 6.07) is 10.2. The number of carbonyl (C=O) groups is 1. The van der Waals surface area contributed by atoms with Gasteiger partial charge in [-0.05, 0) is 25.7 Å². The van der Waals surface area contributed by atoms with E-state index in [4.69, 9.17) is 4.74 Å². The van der Waals surface area contributed by atoms with E-state index in [-0.39, 0.29) is 17.7 Å². The summed E-state index contributed by atoms with van der Waals surface area (Å²) >= 11 is 0. The summed E-state index contributed by atoms with van der Waals surface area (Å²) in [7, 11) is 0. The van der Waals surface area contributed by atoms with Gasteiger partial charge in [0.25, 0.3) is 0 Å². The lowest BCUT2D eigenvalue weighted by Crippen LogP contribution is -2.44. The summed E-state index contributed by atoms with van der Waals surface area (Å²) in [4.78, 5) is 14.9. The number of nitrogens with zero attached hydrogens (tertiary/aromatic N) is 1. The van der Waals surface area contributed by atoms with Gasteiger partial charge >= 0.3 is 0 Å². The zero-order valence-electron chi connectivity index (χ0n) is 11.9. The maximum Gasteiger partial charge on any atom is 0.228 e. The van der Waals surface area contributed by atoms with Gasteiger partial charge in [0.15, 0.2) is 6.23 Å². The third-order valence-electron chi connectivity index (χ3n) is 5.52. The number of fused-ring (bicyclic) bond motifs is 3. The summed E-state index contributed by atoms with van der Waals surface area (Å²) in [5.74, 6) is 1.05. The number of amides is 1. The lowest BCUT2D eigenvalue weighted by molar-refractivity contribution is -0.138. The Morgan fingerprint density at radius 1 is 1.20 bits per heavy atom. The maximum absolute atomic E-state index is 12.9. The topological polar surface area (TPSA) is 29.5 Å². The van der Waals surface area contributed by atoms with E-state index in [1.807, 2.05) is 18.2 Å². The fourth-order valence-corrected chi connectivity index (χ4v) is 4.53. The summed E-state index contributed by atoms with van der Waals surface area (Å²) in [6.45, 7) is 2.91. The minimum atomic E-state index is -0.181. The number of rotatable bonds is 1. The molecule has 3 fully saturated rings. The van der Waals surface area contributed by atoms with Gasteiger partial charge in [0, 0.05) is 11.5 Å². The van der Waals surface area contributed by atoms with Crippen LogP contribution in [-0.4, -0.2) is 23.0 Å². The molecule has 106 valence electrons. The highest BCUT2D eigenvalue weighted by Crippen LogP contribution is 2.54. The molecule has 1 amide bonds. The molecule has 0 radical (unpaired) electrons. The Bertz CT molecular complexity index is 529. The van der Waals surface area contributed by atoms with Crippen LogP contribution in [0.5, 0.6) is 0 Å². The Labute approximate surface area is 119 Å². The number of hydrogen-bond acceptors (Lipinski definition) is 2. The van der Waals surface area contributed by atoms with Gasteiger partial charge in [-0.15, -0.1) is 0 Å². The van der Waals surface area contributed by atoms with E-state index in [0.29, 0.717) is 18.4 Å². The average Bonchev–Trinajstić information content (AvgIpc) is 2.95. The molecule has 3 aliphatic rings. The molecule has 1 aromatic rings. The van der Waals surface area contributed by atoms with Gasteiger partial charge in [0.1, 0.15) is 0 Å². The predicted molar refractivity (Wildman–Crippen MR) is 75.8 cm³/mol. The first kappa shape index (κ1) is 12.4. The van der Waals surface area contributed by atoms with E-state index >= 15 is 0 Å². The molecule has 2 saturated heterocycles. The Balaban J connectivity index is 1.73. The van der Waals surface area contributed by atoms with Crippen molar-refractivity contribution in [3.8, 4) is 0 Å². The number of benzene rings is 1. The Hall–Kier alpha value is -1.35. The molecule has 1 aromatic carbocycles. The van der Waals surface area contributed by atoms with Gasteiger partial charge in [-0.25, -0.2) is 0 Å². The molecule has 2 heterocycles. The van der Waals surface area contributed by atoms with Gasteiger partial charge in [-0.1, -0.05) is 43.2 Å². The third kappa shape index (κ3) is 1.53. The van der Waals surface area contributed by atoms with Gasteiger partial charge in [0.2, 0.25) is 5.91 Å². The van der Waals surface area contributed by atoms with E-state index in [9.17, 15) is 4.79 Å². The van der Waals surface area contributed by atoms with Crippen molar-refractivity contribution < 1.29 is 9.53 Å². The van der Waals surface area contributed by atoms with Crippen LogP contribution in [-0.2, 0) is 9.53 Å². The molecule has 0 aromatic heterocycles. The monoisotopic (exact) mass is 271 g/mol. The molecule has 4 atom stereocenters. The molecule has 4 rings (SSSR count). The normalized spacial score (nSPS) is 39.8. The molecule has 1 aliphatic carbocycles. The van der Waals surface area contributed by atoms with E-state index in [1.54, 1.807) is 0 Å². The van der Waals surface area contributed by atoms with Crippen molar-refractivity contribution in [1.29, 1.82) is 0 Å². The zero-order valence-corrected chi connectivity index (χ0v) is 11.9. The summed E-state index contributed by atoms with van der Waals surface area (Å²) in [5, 5.41) is 0. The Morgan fingerprint density at radius 3 is 2.75 bits per heavy atom. The smallest absolute Gasteiger partial charge is 0.228 e. The molecule has 20 heavy (non-hydrogen) atoms. The Kier molecular flexibility index (Phi) is 2.68. The second-order valence-electron chi connectivity index (χ2n) is 6.64. The highest BCUT2D eigenvalue weighted by atomic mass is 16.5. The van der Waals surface area contributed by atoms with Crippen LogP contribution in [0.1, 0.15) is 44.4 Å². The first-order valence-corrected chi connectivity index (χ1v) is 7.71. The van der Waals surface area contributed by atoms with Crippen LogP contribution >= 0.6 is 0 Å².